The van der Waals surface area contributed by atoms with Crippen LogP contribution in [-0.2, 0) is 5.54 Å². The third-order valence-corrected chi connectivity index (χ3v) is 6.81. The van der Waals surface area contributed by atoms with E-state index in [-0.39, 0.29) is 18.5 Å². The Hall–Kier alpha value is -3.47. The minimum absolute atomic E-state index is 0.00739. The van der Waals surface area contributed by atoms with Crippen molar-refractivity contribution in [2.45, 2.75) is 45.6 Å². The number of aromatic nitrogens is 6. The number of nitrogen functional groups attached to an aromatic ring is 1. The summed E-state index contributed by atoms with van der Waals surface area (Å²) < 4.78 is 22.9. The Balaban J connectivity index is 1.54. The number of nitrogens with zero attached hydrogens (tertiary/aromatic N) is 7. The highest BCUT2D eigenvalue weighted by Gasteiger charge is 2.32. The van der Waals surface area contributed by atoms with Gasteiger partial charge in [0.25, 0.3) is 0 Å². The molecule has 11 heteroatoms. The van der Waals surface area contributed by atoms with Crippen molar-refractivity contribution in [1.82, 2.24) is 29.4 Å². The van der Waals surface area contributed by atoms with Crippen LogP contribution in [-0.4, -0.2) is 61.3 Å². The number of benzene rings is 1. The van der Waals surface area contributed by atoms with Crippen molar-refractivity contribution >= 4 is 28.2 Å². The van der Waals surface area contributed by atoms with E-state index in [2.05, 4.69) is 27.0 Å². The molecule has 4 heterocycles. The Morgan fingerprint density at radius 2 is 2.00 bits per heavy atom. The van der Waals surface area contributed by atoms with Crippen LogP contribution in [0.4, 0.5) is 16.0 Å². The number of aliphatic hydroxyl groups excluding tert-OH is 1. The largest absolute Gasteiger partial charge is 0.494 e. The summed E-state index contributed by atoms with van der Waals surface area (Å²) in [5, 5.41) is 19.6. The molecular weight excluding hydrogens is 451 g/mol. The van der Waals surface area contributed by atoms with Crippen LogP contribution in [0.2, 0.25) is 0 Å². The maximum atomic E-state index is 14.3. The lowest BCUT2D eigenvalue weighted by Crippen LogP contribution is -2.39. The standard InChI is InChI=1S/C24H31FN8O2/c1-13-6-15(10-31(9-13)18-11-32(29-14(18)2)24(3,4)12-34)21-28-22-17-7-16(25)8-19(35-5)20(17)27-23(26)33(22)30-21/h7-8,11,13,15,34H,6,9-10,12H2,1-5H3,(H2,26,27)/t13-,15+/m0/s1. The Morgan fingerprint density at radius 1 is 1.23 bits per heavy atom. The number of anilines is 2. The topological polar surface area (TPSA) is 120 Å². The molecule has 1 fully saturated rings. The molecule has 0 aliphatic carbocycles. The van der Waals surface area contributed by atoms with Gasteiger partial charge >= 0.3 is 0 Å². The third kappa shape index (κ3) is 3.93. The number of piperidine rings is 1. The minimum Gasteiger partial charge on any atom is -0.494 e. The van der Waals surface area contributed by atoms with Gasteiger partial charge in [0.1, 0.15) is 17.1 Å². The summed E-state index contributed by atoms with van der Waals surface area (Å²) in [6.45, 7) is 9.67. The van der Waals surface area contributed by atoms with Crippen molar-refractivity contribution in [3.05, 3.63) is 35.7 Å². The van der Waals surface area contributed by atoms with E-state index in [9.17, 15) is 9.50 Å². The maximum Gasteiger partial charge on any atom is 0.223 e. The molecule has 10 nitrogen and oxygen atoms in total. The van der Waals surface area contributed by atoms with Crippen molar-refractivity contribution < 1.29 is 14.2 Å². The van der Waals surface area contributed by atoms with Crippen LogP contribution in [0.3, 0.4) is 0 Å². The molecule has 4 aromatic rings. The number of nitrogens with two attached hydrogens (primary N) is 1. The first-order valence-electron chi connectivity index (χ1n) is 11.7. The van der Waals surface area contributed by atoms with E-state index in [0.29, 0.717) is 40.6 Å². The van der Waals surface area contributed by atoms with Gasteiger partial charge in [0.15, 0.2) is 11.5 Å². The third-order valence-electron chi connectivity index (χ3n) is 6.81. The van der Waals surface area contributed by atoms with E-state index in [4.69, 9.17) is 15.5 Å². The lowest BCUT2D eigenvalue weighted by atomic mass is 9.89. The van der Waals surface area contributed by atoms with E-state index in [1.807, 2.05) is 31.6 Å². The van der Waals surface area contributed by atoms with Gasteiger partial charge in [0, 0.05) is 31.3 Å². The molecule has 0 spiro atoms. The SMILES string of the molecule is COc1cc(F)cc2c1nc(N)n1nc([C@@H]3C[C@H](C)CN(c4cn(C(C)(C)CO)nc4C)C3)nc21. The summed E-state index contributed by atoms with van der Waals surface area (Å²) in [5.41, 5.74) is 8.56. The van der Waals surface area contributed by atoms with Crippen LogP contribution in [0.25, 0.3) is 16.6 Å². The minimum atomic E-state index is -0.491. The first-order valence-corrected chi connectivity index (χ1v) is 11.7. The number of halogens is 1. The van der Waals surface area contributed by atoms with Crippen LogP contribution in [0.1, 0.15) is 44.6 Å². The van der Waals surface area contributed by atoms with E-state index >= 15 is 0 Å². The predicted molar refractivity (Wildman–Crippen MR) is 131 cm³/mol. The smallest absolute Gasteiger partial charge is 0.223 e. The second kappa shape index (κ2) is 8.33. The summed E-state index contributed by atoms with van der Waals surface area (Å²) in [7, 11) is 1.47. The van der Waals surface area contributed by atoms with Gasteiger partial charge in [0.05, 0.1) is 36.0 Å². The van der Waals surface area contributed by atoms with Crippen LogP contribution in [0.15, 0.2) is 18.3 Å². The van der Waals surface area contributed by atoms with Crippen molar-refractivity contribution in [2.75, 3.05) is 37.4 Å². The Morgan fingerprint density at radius 3 is 2.71 bits per heavy atom. The zero-order valence-electron chi connectivity index (χ0n) is 20.7. The molecule has 2 atom stereocenters. The van der Waals surface area contributed by atoms with Crippen LogP contribution >= 0.6 is 0 Å². The van der Waals surface area contributed by atoms with Gasteiger partial charge in [-0.05, 0) is 39.2 Å². The first-order chi connectivity index (χ1) is 16.6. The first kappa shape index (κ1) is 23.3. The molecule has 1 aromatic carbocycles. The van der Waals surface area contributed by atoms with Gasteiger partial charge < -0.3 is 20.5 Å². The summed E-state index contributed by atoms with van der Waals surface area (Å²) in [4.78, 5) is 11.5. The average Bonchev–Trinajstić information content (AvgIpc) is 3.44. The molecule has 186 valence electrons. The number of aliphatic hydroxyl groups is 1. The molecule has 3 aromatic heterocycles. The fourth-order valence-corrected chi connectivity index (χ4v) is 4.89. The zero-order chi connectivity index (χ0) is 25.1. The van der Waals surface area contributed by atoms with Gasteiger partial charge in [-0.25, -0.2) is 14.4 Å². The highest BCUT2D eigenvalue weighted by atomic mass is 19.1. The molecule has 1 aliphatic rings. The Kier molecular flexibility index (Phi) is 5.54. The van der Waals surface area contributed by atoms with Gasteiger partial charge in [-0.15, -0.1) is 5.10 Å². The zero-order valence-corrected chi connectivity index (χ0v) is 20.7. The molecule has 0 amide bonds. The van der Waals surface area contributed by atoms with E-state index in [0.717, 1.165) is 24.3 Å². The van der Waals surface area contributed by atoms with Crippen molar-refractivity contribution in [2.24, 2.45) is 5.92 Å². The van der Waals surface area contributed by atoms with E-state index < -0.39 is 11.4 Å². The molecule has 0 unspecified atom stereocenters. The average molecular weight is 483 g/mol. The number of methoxy groups -OCH3 is 1. The van der Waals surface area contributed by atoms with E-state index in [1.165, 1.54) is 23.8 Å². The molecule has 1 aliphatic heterocycles. The Labute approximate surface area is 202 Å². The second-order valence-corrected chi connectivity index (χ2v) is 10.1. The van der Waals surface area contributed by atoms with Gasteiger partial charge in [-0.2, -0.15) is 9.61 Å². The molecule has 35 heavy (non-hydrogen) atoms. The second-order valence-electron chi connectivity index (χ2n) is 10.1. The van der Waals surface area contributed by atoms with Crippen molar-refractivity contribution in [1.29, 1.82) is 0 Å². The number of ether oxygens (including phenoxy) is 1. The lowest BCUT2D eigenvalue weighted by Gasteiger charge is -2.36. The molecular formula is C24H31FN8O2. The van der Waals surface area contributed by atoms with Gasteiger partial charge in [0.2, 0.25) is 5.95 Å². The van der Waals surface area contributed by atoms with Crippen LogP contribution in [0.5, 0.6) is 5.75 Å². The van der Waals surface area contributed by atoms with Gasteiger partial charge in [-0.1, -0.05) is 6.92 Å². The lowest BCUT2D eigenvalue weighted by molar-refractivity contribution is 0.152. The number of hydrogen-bond acceptors (Lipinski definition) is 8. The summed E-state index contributed by atoms with van der Waals surface area (Å²) in [5.74, 6) is 1.10. The number of aryl methyl sites for hydroxylation is 1. The van der Waals surface area contributed by atoms with Gasteiger partial charge in [-0.3, -0.25) is 4.68 Å². The normalized spacial score (nSPS) is 19.1. The number of hydrogen-bond donors (Lipinski definition) is 2. The summed E-state index contributed by atoms with van der Waals surface area (Å²) in [6.07, 6.45) is 2.91. The fraction of sp³-hybridized carbons (Fsp3) is 0.500. The van der Waals surface area contributed by atoms with Crippen LogP contribution < -0.4 is 15.4 Å². The highest BCUT2D eigenvalue weighted by Crippen LogP contribution is 2.35. The van der Waals surface area contributed by atoms with Crippen molar-refractivity contribution in [3.63, 3.8) is 0 Å². The molecule has 0 saturated carbocycles. The van der Waals surface area contributed by atoms with E-state index in [1.54, 1.807) is 0 Å². The maximum absolute atomic E-state index is 14.3. The number of fused-ring (bicyclic) bond motifs is 3. The monoisotopic (exact) mass is 482 g/mol. The summed E-state index contributed by atoms with van der Waals surface area (Å²) in [6, 6.07) is 2.67. The summed E-state index contributed by atoms with van der Waals surface area (Å²) >= 11 is 0. The Bertz CT molecular complexity index is 1410. The quantitative estimate of drug-likeness (QED) is 0.446. The number of rotatable bonds is 5. The molecule has 1 saturated heterocycles. The molecule has 3 N–H and O–H groups in total. The van der Waals surface area contributed by atoms with Crippen LogP contribution in [0, 0.1) is 18.7 Å². The molecule has 0 radical (unpaired) electrons. The fourth-order valence-electron chi connectivity index (χ4n) is 4.89. The predicted octanol–water partition coefficient (Wildman–Crippen LogP) is 2.87. The van der Waals surface area contributed by atoms with Crippen molar-refractivity contribution in [3.8, 4) is 5.75 Å². The molecule has 0 bridgehead atoms. The highest BCUT2D eigenvalue weighted by molar-refractivity contribution is 5.95. The molecule has 5 rings (SSSR count).